The van der Waals surface area contributed by atoms with E-state index in [2.05, 4.69) is 16.0 Å². The smallest absolute Gasteiger partial charge is 0.275 e. The molecule has 332 valence electrons. The monoisotopic (exact) mass is 816 g/mol. The van der Waals surface area contributed by atoms with Crippen molar-refractivity contribution in [2.45, 2.75) is 19.3 Å². The van der Waals surface area contributed by atoms with Crippen LogP contribution < -0.4 is 16.0 Å². The number of methoxy groups -OCH3 is 1. The summed E-state index contributed by atoms with van der Waals surface area (Å²) >= 11 is 0. The Morgan fingerprint density at radius 2 is 0.607 bits per heavy atom. The first-order valence-electron chi connectivity index (χ1n) is 19.7. The molecule has 0 rings (SSSR count). The predicted molar refractivity (Wildman–Crippen MR) is 207 cm³/mol. The number of nitrogens with one attached hydrogen (secondary N) is 3. The molecular formula is C37H75N4O15+. The van der Waals surface area contributed by atoms with Crippen LogP contribution in [0.4, 0.5) is 0 Å². The summed E-state index contributed by atoms with van der Waals surface area (Å²) in [5, 5.41) is 8.28. The number of ether oxygens (including phenoxy) is 12. The van der Waals surface area contributed by atoms with E-state index in [1.54, 1.807) is 7.11 Å². The van der Waals surface area contributed by atoms with Crippen LogP contribution in [0, 0.1) is 0 Å². The van der Waals surface area contributed by atoms with Crippen molar-refractivity contribution in [3.63, 3.8) is 0 Å². The lowest BCUT2D eigenvalue weighted by Crippen LogP contribution is -2.45. The van der Waals surface area contributed by atoms with Gasteiger partial charge in [-0.05, 0) is 6.42 Å². The number of hydrogen-bond donors (Lipinski definition) is 3. The van der Waals surface area contributed by atoms with Gasteiger partial charge in [0.05, 0.1) is 173 Å². The quantitative estimate of drug-likeness (QED) is 0.0502. The van der Waals surface area contributed by atoms with Crippen molar-refractivity contribution in [1.82, 2.24) is 16.0 Å². The minimum absolute atomic E-state index is 0.0620. The fourth-order valence-electron chi connectivity index (χ4n) is 4.18. The zero-order valence-electron chi connectivity index (χ0n) is 34.8. The van der Waals surface area contributed by atoms with Crippen molar-refractivity contribution in [1.29, 1.82) is 0 Å². The summed E-state index contributed by atoms with van der Waals surface area (Å²) in [5.74, 6) is -0.338. The van der Waals surface area contributed by atoms with E-state index < -0.39 is 0 Å². The average Bonchev–Trinajstić information content (AvgIpc) is 3.15. The highest BCUT2D eigenvalue weighted by molar-refractivity contribution is 5.79. The SMILES string of the molecule is COCCOCCOCCOCCOCCOCCOCCOCCOCCOCCOCCOCCNC(=O)CCCC(=O)NCCNC(=O)C[N+](C)(C)C. The fraction of sp³-hybridized carbons (Fsp3) is 0.919. The minimum atomic E-state index is -0.146. The van der Waals surface area contributed by atoms with Crippen LogP contribution in [0.1, 0.15) is 19.3 Å². The molecule has 0 aromatic rings. The second kappa shape index (κ2) is 42.5. The summed E-state index contributed by atoms with van der Waals surface area (Å²) in [7, 11) is 7.44. The van der Waals surface area contributed by atoms with E-state index in [9.17, 15) is 14.4 Å². The van der Waals surface area contributed by atoms with Crippen molar-refractivity contribution in [3.05, 3.63) is 0 Å². The Labute approximate surface area is 334 Å². The summed E-state index contributed by atoms with van der Waals surface area (Å²) in [5.41, 5.74) is 0. The molecule has 0 radical (unpaired) electrons. The zero-order chi connectivity index (χ0) is 41.1. The predicted octanol–water partition coefficient (Wildman–Crippen LogP) is -0.959. The van der Waals surface area contributed by atoms with Crippen LogP contribution in [0.2, 0.25) is 0 Å². The molecule has 19 nitrogen and oxygen atoms in total. The third kappa shape index (κ3) is 46.3. The molecule has 56 heavy (non-hydrogen) atoms. The van der Waals surface area contributed by atoms with E-state index in [1.165, 1.54) is 0 Å². The van der Waals surface area contributed by atoms with Crippen molar-refractivity contribution >= 4 is 17.7 Å². The van der Waals surface area contributed by atoms with E-state index in [1.807, 2.05) is 21.1 Å². The Morgan fingerprint density at radius 3 is 0.893 bits per heavy atom. The summed E-state index contributed by atoms with van der Waals surface area (Å²) < 4.78 is 65.4. The Morgan fingerprint density at radius 1 is 0.357 bits per heavy atom. The molecule has 0 aromatic carbocycles. The van der Waals surface area contributed by atoms with Gasteiger partial charge in [-0.15, -0.1) is 0 Å². The standard InChI is InChI=1S/C37H74N4O15/c1-41(2,3)34-37(44)39-9-8-38-35(42)6-5-7-36(43)40-10-11-46-14-15-48-18-19-50-22-23-52-26-27-54-30-31-56-33-32-55-29-28-53-25-24-51-21-20-49-17-16-47-13-12-45-4/h5-34H2,1-4H3,(H2-,38,39,40,42,43,44)/p+1. The largest absolute Gasteiger partial charge is 0.382 e. The number of rotatable bonds is 45. The first-order valence-corrected chi connectivity index (χ1v) is 19.7. The lowest BCUT2D eigenvalue weighted by atomic mass is 10.2. The van der Waals surface area contributed by atoms with E-state index in [4.69, 9.17) is 56.8 Å². The molecule has 0 bridgehead atoms. The van der Waals surface area contributed by atoms with E-state index in [-0.39, 0.29) is 30.6 Å². The maximum Gasteiger partial charge on any atom is 0.275 e. The topological polar surface area (TPSA) is 198 Å². The molecule has 0 unspecified atom stereocenters. The Hall–Kier alpha value is -2.11. The number of nitrogens with zero attached hydrogens (tertiary/aromatic N) is 1. The van der Waals surface area contributed by atoms with Crippen molar-refractivity contribution in [2.75, 3.05) is 206 Å². The summed E-state index contributed by atoms with van der Waals surface area (Å²) in [6.45, 7) is 12.7. The summed E-state index contributed by atoms with van der Waals surface area (Å²) in [6.07, 6.45) is 0.948. The Balaban J connectivity index is 3.21. The number of amides is 3. The van der Waals surface area contributed by atoms with Gasteiger partial charge in [-0.1, -0.05) is 0 Å². The van der Waals surface area contributed by atoms with Gasteiger partial charge >= 0.3 is 0 Å². The molecule has 0 heterocycles. The van der Waals surface area contributed by atoms with Gasteiger partial charge < -0.3 is 77.3 Å². The first kappa shape index (κ1) is 53.9. The lowest BCUT2D eigenvalue weighted by molar-refractivity contribution is -0.862. The van der Waals surface area contributed by atoms with E-state index in [0.717, 1.165) is 0 Å². The van der Waals surface area contributed by atoms with Gasteiger partial charge in [0.15, 0.2) is 6.54 Å². The summed E-state index contributed by atoms with van der Waals surface area (Å²) in [4.78, 5) is 35.6. The van der Waals surface area contributed by atoms with Crippen LogP contribution in [0.15, 0.2) is 0 Å². The summed E-state index contributed by atoms with van der Waals surface area (Å²) in [6, 6.07) is 0. The van der Waals surface area contributed by atoms with Gasteiger partial charge in [-0.25, -0.2) is 0 Å². The maximum absolute atomic E-state index is 11.9. The zero-order valence-corrected chi connectivity index (χ0v) is 34.8. The van der Waals surface area contributed by atoms with Crippen molar-refractivity contribution in [2.24, 2.45) is 0 Å². The molecule has 0 aliphatic heterocycles. The highest BCUT2D eigenvalue weighted by Crippen LogP contribution is 1.95. The maximum atomic E-state index is 11.9. The van der Waals surface area contributed by atoms with Gasteiger partial charge in [0, 0.05) is 39.6 Å². The number of carbonyl (C=O) groups excluding carboxylic acids is 3. The molecule has 0 saturated heterocycles. The van der Waals surface area contributed by atoms with Gasteiger partial charge in [0.1, 0.15) is 0 Å². The first-order chi connectivity index (χ1) is 27.2. The average molecular weight is 816 g/mol. The van der Waals surface area contributed by atoms with Gasteiger partial charge in [-0.2, -0.15) is 0 Å². The lowest BCUT2D eigenvalue weighted by Gasteiger charge is -2.22. The second-order valence-corrected chi connectivity index (χ2v) is 13.1. The molecule has 0 aliphatic rings. The van der Waals surface area contributed by atoms with Crippen molar-refractivity contribution < 1.29 is 75.7 Å². The number of quaternary nitrogens is 1. The highest BCUT2D eigenvalue weighted by atomic mass is 16.6. The number of likely N-dealkylation sites (N-methyl/N-ethyl adjacent to an activating group) is 1. The third-order valence-electron chi connectivity index (χ3n) is 6.92. The molecule has 0 fully saturated rings. The number of carbonyl (C=O) groups is 3. The number of hydrogen-bond acceptors (Lipinski definition) is 15. The molecule has 0 spiro atoms. The molecule has 3 amide bonds. The highest BCUT2D eigenvalue weighted by Gasteiger charge is 2.13. The normalized spacial score (nSPS) is 11.6. The van der Waals surface area contributed by atoms with Gasteiger partial charge in [0.25, 0.3) is 5.91 Å². The molecule has 0 aromatic heterocycles. The third-order valence-corrected chi connectivity index (χ3v) is 6.92. The van der Waals surface area contributed by atoms with Crippen LogP contribution in [0.25, 0.3) is 0 Å². The molecule has 0 aliphatic carbocycles. The van der Waals surface area contributed by atoms with E-state index in [0.29, 0.717) is 189 Å². The minimum Gasteiger partial charge on any atom is -0.382 e. The molecule has 3 N–H and O–H groups in total. The van der Waals surface area contributed by atoms with Crippen LogP contribution in [0.3, 0.4) is 0 Å². The molecular weight excluding hydrogens is 740 g/mol. The second-order valence-electron chi connectivity index (χ2n) is 13.1. The van der Waals surface area contributed by atoms with Gasteiger partial charge in [0.2, 0.25) is 11.8 Å². The fourth-order valence-corrected chi connectivity index (χ4v) is 4.18. The van der Waals surface area contributed by atoms with Crippen LogP contribution in [-0.4, -0.2) is 229 Å². The van der Waals surface area contributed by atoms with Crippen molar-refractivity contribution in [3.8, 4) is 0 Å². The van der Waals surface area contributed by atoms with Crippen LogP contribution in [0.5, 0.6) is 0 Å². The van der Waals surface area contributed by atoms with Crippen LogP contribution in [-0.2, 0) is 71.2 Å². The van der Waals surface area contributed by atoms with E-state index >= 15 is 0 Å². The molecule has 0 saturated carbocycles. The molecule has 19 heteroatoms. The Kier molecular flexibility index (Phi) is 40.9. The molecule has 0 atom stereocenters. The van der Waals surface area contributed by atoms with Gasteiger partial charge in [-0.3, -0.25) is 14.4 Å². The Bertz CT molecular complexity index is 887. The van der Waals surface area contributed by atoms with Crippen LogP contribution >= 0.6 is 0 Å².